The zero-order chi connectivity index (χ0) is 13.8. The van der Waals surface area contributed by atoms with Crippen molar-refractivity contribution in [1.29, 1.82) is 0 Å². The van der Waals surface area contributed by atoms with Gasteiger partial charge in [-0.2, -0.15) is 0 Å². The van der Waals surface area contributed by atoms with Crippen molar-refractivity contribution < 1.29 is 0 Å². The largest absolute Gasteiger partial charge is 0.271 e. The van der Waals surface area contributed by atoms with E-state index < -0.39 is 0 Å². The lowest BCUT2D eigenvalue weighted by molar-refractivity contribution is 0.552. The highest BCUT2D eigenvalue weighted by Crippen LogP contribution is 2.26. The van der Waals surface area contributed by atoms with Gasteiger partial charge in [0.2, 0.25) is 0 Å². The predicted molar refractivity (Wildman–Crippen MR) is 83.4 cm³/mol. The SMILES string of the molecule is CCc1ccc(CC(NN)c2cc(C)ccc2C)s1. The third-order valence-corrected chi connectivity index (χ3v) is 4.73. The molecule has 19 heavy (non-hydrogen) atoms. The Hall–Kier alpha value is -1.16. The van der Waals surface area contributed by atoms with Crippen LogP contribution in [0.15, 0.2) is 30.3 Å². The molecule has 1 heterocycles. The number of rotatable bonds is 5. The molecule has 1 unspecified atom stereocenters. The molecule has 2 nitrogen and oxygen atoms in total. The maximum Gasteiger partial charge on any atom is 0.0510 e. The van der Waals surface area contributed by atoms with Gasteiger partial charge >= 0.3 is 0 Å². The van der Waals surface area contributed by atoms with Crippen LogP contribution in [-0.2, 0) is 12.8 Å². The van der Waals surface area contributed by atoms with E-state index >= 15 is 0 Å². The second-order valence-corrected chi connectivity index (χ2v) is 6.26. The van der Waals surface area contributed by atoms with E-state index in [1.54, 1.807) is 0 Å². The summed E-state index contributed by atoms with van der Waals surface area (Å²) in [6.45, 7) is 6.46. The van der Waals surface area contributed by atoms with Crippen molar-refractivity contribution in [1.82, 2.24) is 5.43 Å². The van der Waals surface area contributed by atoms with E-state index in [0.717, 1.165) is 12.8 Å². The second kappa shape index (κ2) is 6.33. The predicted octanol–water partition coefficient (Wildman–Crippen LogP) is 3.67. The van der Waals surface area contributed by atoms with Gasteiger partial charge < -0.3 is 0 Å². The van der Waals surface area contributed by atoms with Crippen LogP contribution in [0.1, 0.15) is 39.4 Å². The fourth-order valence-electron chi connectivity index (χ4n) is 2.32. The lowest BCUT2D eigenvalue weighted by Crippen LogP contribution is -2.30. The maximum atomic E-state index is 5.77. The number of hydrazine groups is 1. The smallest absolute Gasteiger partial charge is 0.0510 e. The molecule has 3 heteroatoms. The van der Waals surface area contributed by atoms with Crippen molar-refractivity contribution >= 4 is 11.3 Å². The van der Waals surface area contributed by atoms with Gasteiger partial charge in [-0.05, 0) is 43.5 Å². The van der Waals surface area contributed by atoms with Gasteiger partial charge in [0.05, 0.1) is 6.04 Å². The van der Waals surface area contributed by atoms with Crippen molar-refractivity contribution in [3.8, 4) is 0 Å². The molecule has 0 spiro atoms. The topological polar surface area (TPSA) is 38.0 Å². The summed E-state index contributed by atoms with van der Waals surface area (Å²) in [5.41, 5.74) is 6.84. The van der Waals surface area contributed by atoms with Crippen LogP contribution >= 0.6 is 11.3 Å². The summed E-state index contributed by atoms with van der Waals surface area (Å²) >= 11 is 1.89. The molecule has 1 aromatic carbocycles. The van der Waals surface area contributed by atoms with Gasteiger partial charge in [-0.1, -0.05) is 30.7 Å². The summed E-state index contributed by atoms with van der Waals surface area (Å²) in [5.74, 6) is 5.77. The fraction of sp³-hybridized carbons (Fsp3) is 0.375. The minimum atomic E-state index is 0.184. The summed E-state index contributed by atoms with van der Waals surface area (Å²) in [7, 11) is 0. The minimum absolute atomic E-state index is 0.184. The highest BCUT2D eigenvalue weighted by Gasteiger charge is 2.14. The van der Waals surface area contributed by atoms with E-state index in [0.29, 0.717) is 0 Å². The number of hydrogen-bond acceptors (Lipinski definition) is 3. The van der Waals surface area contributed by atoms with Gasteiger partial charge in [-0.25, -0.2) is 0 Å². The lowest BCUT2D eigenvalue weighted by Gasteiger charge is -2.18. The Morgan fingerprint density at radius 2 is 1.89 bits per heavy atom. The zero-order valence-electron chi connectivity index (χ0n) is 11.9. The number of nitrogens with one attached hydrogen (secondary N) is 1. The number of hydrogen-bond donors (Lipinski definition) is 2. The standard InChI is InChI=1S/C16H22N2S/c1-4-13-7-8-14(19-13)10-16(18-17)15-9-11(2)5-6-12(15)3/h5-9,16,18H,4,10,17H2,1-3H3. The molecule has 1 atom stereocenters. The van der Waals surface area contributed by atoms with Gasteiger partial charge in [-0.3, -0.25) is 11.3 Å². The molecule has 0 bridgehead atoms. The van der Waals surface area contributed by atoms with Crippen LogP contribution in [0.25, 0.3) is 0 Å². The zero-order valence-corrected chi connectivity index (χ0v) is 12.7. The first-order chi connectivity index (χ1) is 9.13. The molecule has 102 valence electrons. The summed E-state index contributed by atoms with van der Waals surface area (Å²) in [6, 6.07) is 11.2. The lowest BCUT2D eigenvalue weighted by atomic mass is 9.97. The van der Waals surface area contributed by atoms with Crippen LogP contribution in [0, 0.1) is 13.8 Å². The number of nitrogens with two attached hydrogens (primary N) is 1. The molecule has 0 amide bonds. The van der Waals surface area contributed by atoms with Crippen LogP contribution in [0.3, 0.4) is 0 Å². The van der Waals surface area contributed by atoms with Crippen molar-refractivity contribution in [3.05, 3.63) is 56.8 Å². The molecule has 0 saturated heterocycles. The van der Waals surface area contributed by atoms with Crippen LogP contribution in [-0.4, -0.2) is 0 Å². The molecular formula is C16H22N2S. The molecule has 0 aliphatic heterocycles. The average molecular weight is 274 g/mol. The summed E-state index contributed by atoms with van der Waals surface area (Å²) < 4.78 is 0. The van der Waals surface area contributed by atoms with E-state index in [1.165, 1.54) is 26.4 Å². The molecule has 2 aromatic rings. The highest BCUT2D eigenvalue weighted by molar-refractivity contribution is 7.11. The normalized spacial score (nSPS) is 12.6. The molecule has 0 aliphatic carbocycles. The monoisotopic (exact) mass is 274 g/mol. The molecule has 3 N–H and O–H groups in total. The Balaban J connectivity index is 2.22. The first-order valence-electron chi connectivity index (χ1n) is 6.75. The van der Waals surface area contributed by atoms with Crippen molar-refractivity contribution in [2.45, 2.75) is 39.7 Å². The molecule has 0 aliphatic rings. The van der Waals surface area contributed by atoms with E-state index in [4.69, 9.17) is 5.84 Å². The van der Waals surface area contributed by atoms with Gasteiger partial charge in [0, 0.05) is 16.2 Å². The van der Waals surface area contributed by atoms with E-state index in [9.17, 15) is 0 Å². The van der Waals surface area contributed by atoms with Crippen LogP contribution in [0.5, 0.6) is 0 Å². The Bertz CT molecular complexity index is 545. The van der Waals surface area contributed by atoms with Crippen molar-refractivity contribution in [2.75, 3.05) is 0 Å². The second-order valence-electron chi connectivity index (χ2n) is 5.00. The molecule has 2 rings (SSSR count). The Morgan fingerprint density at radius 3 is 2.53 bits per heavy atom. The molecule has 1 aromatic heterocycles. The van der Waals surface area contributed by atoms with Gasteiger partial charge in [0.25, 0.3) is 0 Å². The van der Waals surface area contributed by atoms with E-state index in [-0.39, 0.29) is 6.04 Å². The van der Waals surface area contributed by atoms with Gasteiger partial charge in [-0.15, -0.1) is 11.3 Å². The Kier molecular flexibility index (Phi) is 4.75. The summed E-state index contributed by atoms with van der Waals surface area (Å²) in [6.07, 6.45) is 2.06. The maximum absolute atomic E-state index is 5.77. The van der Waals surface area contributed by atoms with Crippen molar-refractivity contribution in [3.63, 3.8) is 0 Å². The van der Waals surface area contributed by atoms with Crippen LogP contribution < -0.4 is 11.3 Å². The van der Waals surface area contributed by atoms with Gasteiger partial charge in [0.15, 0.2) is 0 Å². The average Bonchev–Trinajstić information content (AvgIpc) is 2.87. The fourth-order valence-corrected chi connectivity index (χ4v) is 3.32. The number of aryl methyl sites for hydroxylation is 3. The third-order valence-electron chi connectivity index (χ3n) is 3.48. The summed E-state index contributed by atoms with van der Waals surface area (Å²) in [4.78, 5) is 2.83. The molecular weight excluding hydrogens is 252 g/mol. The molecule has 0 radical (unpaired) electrons. The molecule has 0 fully saturated rings. The number of benzene rings is 1. The third kappa shape index (κ3) is 3.44. The quantitative estimate of drug-likeness (QED) is 0.645. The van der Waals surface area contributed by atoms with E-state index in [1.807, 2.05) is 11.3 Å². The number of thiophene rings is 1. The molecule has 0 saturated carbocycles. The van der Waals surface area contributed by atoms with E-state index in [2.05, 4.69) is 56.5 Å². The summed E-state index contributed by atoms with van der Waals surface area (Å²) in [5, 5.41) is 0. The van der Waals surface area contributed by atoms with Crippen molar-refractivity contribution in [2.24, 2.45) is 5.84 Å². The Labute approximate surface area is 119 Å². The van der Waals surface area contributed by atoms with Crippen LogP contribution in [0.4, 0.5) is 0 Å². The first-order valence-corrected chi connectivity index (χ1v) is 7.56. The Morgan fingerprint density at radius 1 is 1.16 bits per heavy atom. The minimum Gasteiger partial charge on any atom is -0.271 e. The first kappa shape index (κ1) is 14.3. The van der Waals surface area contributed by atoms with Gasteiger partial charge in [0.1, 0.15) is 0 Å². The van der Waals surface area contributed by atoms with Crippen LogP contribution in [0.2, 0.25) is 0 Å². The highest BCUT2D eigenvalue weighted by atomic mass is 32.1.